The summed E-state index contributed by atoms with van der Waals surface area (Å²) in [6.45, 7) is 9.86. The molecule has 0 atom stereocenters. The molecule has 162 valence electrons. The van der Waals surface area contributed by atoms with Gasteiger partial charge in [0.15, 0.2) is 5.96 Å². The molecule has 0 spiro atoms. The highest BCUT2D eigenvalue weighted by Gasteiger charge is 2.17. The normalized spacial score (nSPS) is 14.7. The zero-order valence-corrected chi connectivity index (χ0v) is 18.2. The van der Waals surface area contributed by atoms with Crippen LogP contribution in [0.25, 0.3) is 0 Å². The van der Waals surface area contributed by atoms with Crippen LogP contribution in [0, 0.1) is 0 Å². The summed E-state index contributed by atoms with van der Waals surface area (Å²) in [5.41, 5.74) is 1.87. The van der Waals surface area contributed by atoms with E-state index >= 15 is 0 Å². The molecular formula is C23H38N4O2. The smallest absolute Gasteiger partial charge is 0.253 e. The number of aliphatic imine (C=N–C) groups is 1. The quantitative estimate of drug-likeness (QED) is 0.337. The summed E-state index contributed by atoms with van der Waals surface area (Å²) >= 11 is 0. The Kier molecular flexibility index (Phi) is 11.2. The lowest BCUT2D eigenvalue weighted by Crippen LogP contribution is -2.38. The van der Waals surface area contributed by atoms with Gasteiger partial charge in [-0.1, -0.05) is 25.5 Å². The molecule has 1 amide bonds. The van der Waals surface area contributed by atoms with Crippen LogP contribution in [0.4, 0.5) is 0 Å². The molecule has 1 heterocycles. The first-order valence-electron chi connectivity index (χ1n) is 11.2. The van der Waals surface area contributed by atoms with Crippen molar-refractivity contribution in [2.45, 2.75) is 58.9 Å². The first-order chi connectivity index (χ1) is 14.2. The van der Waals surface area contributed by atoms with Crippen molar-refractivity contribution in [3.8, 4) is 0 Å². The van der Waals surface area contributed by atoms with Crippen LogP contribution in [-0.4, -0.2) is 56.2 Å². The van der Waals surface area contributed by atoms with E-state index in [2.05, 4.69) is 29.5 Å². The van der Waals surface area contributed by atoms with Gasteiger partial charge in [0, 0.05) is 45.0 Å². The van der Waals surface area contributed by atoms with Crippen molar-refractivity contribution in [3.63, 3.8) is 0 Å². The van der Waals surface area contributed by atoms with Crippen molar-refractivity contribution < 1.29 is 9.53 Å². The van der Waals surface area contributed by atoms with Gasteiger partial charge < -0.3 is 20.3 Å². The van der Waals surface area contributed by atoms with Gasteiger partial charge in [0.1, 0.15) is 0 Å². The number of piperidine rings is 1. The van der Waals surface area contributed by atoms with Gasteiger partial charge >= 0.3 is 0 Å². The predicted molar refractivity (Wildman–Crippen MR) is 119 cm³/mol. The largest absolute Gasteiger partial charge is 0.381 e. The van der Waals surface area contributed by atoms with E-state index in [1.54, 1.807) is 0 Å². The summed E-state index contributed by atoms with van der Waals surface area (Å²) in [5.74, 6) is 0.963. The van der Waals surface area contributed by atoms with E-state index in [-0.39, 0.29) is 5.91 Å². The third-order valence-electron chi connectivity index (χ3n) is 5.01. The average Bonchev–Trinajstić information content (AvgIpc) is 2.77. The number of guanidine groups is 1. The molecule has 1 fully saturated rings. The number of carbonyl (C=O) groups is 1. The number of nitrogens with zero attached hydrogens (tertiary/aromatic N) is 2. The first kappa shape index (κ1) is 23.2. The number of carbonyl (C=O) groups excluding carboxylic acids is 1. The van der Waals surface area contributed by atoms with Gasteiger partial charge in [-0.3, -0.25) is 4.79 Å². The molecule has 0 aromatic heterocycles. The highest BCUT2D eigenvalue weighted by Crippen LogP contribution is 2.14. The number of rotatable bonds is 11. The average molecular weight is 403 g/mol. The highest BCUT2D eigenvalue weighted by molar-refractivity contribution is 5.94. The van der Waals surface area contributed by atoms with Gasteiger partial charge in [0.2, 0.25) is 0 Å². The summed E-state index contributed by atoms with van der Waals surface area (Å²) in [7, 11) is 0. The minimum atomic E-state index is 0.149. The lowest BCUT2D eigenvalue weighted by molar-refractivity contribution is 0.0724. The van der Waals surface area contributed by atoms with Crippen molar-refractivity contribution in [1.29, 1.82) is 0 Å². The zero-order valence-electron chi connectivity index (χ0n) is 18.2. The summed E-state index contributed by atoms with van der Waals surface area (Å²) in [5, 5.41) is 6.63. The molecule has 1 aliphatic rings. The number of nitrogens with one attached hydrogen (secondary N) is 2. The molecule has 1 aliphatic heterocycles. The molecule has 2 rings (SSSR count). The molecule has 1 aromatic carbocycles. The number of ether oxygens (including phenoxy) is 1. The van der Waals surface area contributed by atoms with Crippen LogP contribution in [0.15, 0.2) is 29.3 Å². The van der Waals surface area contributed by atoms with Crippen LogP contribution in [0.1, 0.15) is 68.3 Å². The van der Waals surface area contributed by atoms with Crippen molar-refractivity contribution >= 4 is 11.9 Å². The Bertz CT molecular complexity index is 610. The molecule has 0 radical (unpaired) electrons. The van der Waals surface area contributed by atoms with Crippen molar-refractivity contribution in [2.75, 3.05) is 39.4 Å². The maximum atomic E-state index is 12.6. The second-order valence-electron chi connectivity index (χ2n) is 7.49. The van der Waals surface area contributed by atoms with Crippen LogP contribution in [0.2, 0.25) is 0 Å². The number of hydrogen-bond acceptors (Lipinski definition) is 3. The second-order valence-corrected chi connectivity index (χ2v) is 7.49. The maximum Gasteiger partial charge on any atom is 0.253 e. The van der Waals surface area contributed by atoms with E-state index in [4.69, 9.17) is 4.74 Å². The van der Waals surface area contributed by atoms with E-state index < -0.39 is 0 Å². The van der Waals surface area contributed by atoms with E-state index in [0.29, 0.717) is 6.54 Å². The minimum Gasteiger partial charge on any atom is -0.381 e. The van der Waals surface area contributed by atoms with Gasteiger partial charge in [-0.05, 0) is 56.7 Å². The highest BCUT2D eigenvalue weighted by atomic mass is 16.5. The van der Waals surface area contributed by atoms with Crippen molar-refractivity contribution in [2.24, 2.45) is 4.99 Å². The van der Waals surface area contributed by atoms with Gasteiger partial charge in [-0.2, -0.15) is 0 Å². The standard InChI is InChI=1S/C23H38N4O2/c1-3-5-17-29-18-9-14-25-23(24-4-2)26-19-20-10-12-21(13-11-20)22(28)27-15-7-6-8-16-27/h10-13H,3-9,14-19H2,1-2H3,(H2,24,25,26). The molecule has 0 bridgehead atoms. The van der Waals surface area contributed by atoms with Gasteiger partial charge in [0.05, 0.1) is 6.54 Å². The zero-order chi connectivity index (χ0) is 20.7. The molecule has 6 nitrogen and oxygen atoms in total. The van der Waals surface area contributed by atoms with Crippen LogP contribution >= 0.6 is 0 Å². The van der Waals surface area contributed by atoms with Crippen LogP contribution in [-0.2, 0) is 11.3 Å². The number of unbranched alkanes of at least 4 members (excludes halogenated alkanes) is 1. The molecule has 29 heavy (non-hydrogen) atoms. The Morgan fingerprint density at radius 2 is 1.76 bits per heavy atom. The molecule has 0 unspecified atom stereocenters. The SMILES string of the molecule is CCCCOCCCNC(=NCc1ccc(C(=O)N2CCCCC2)cc1)NCC. The van der Waals surface area contributed by atoms with Crippen molar-refractivity contribution in [1.82, 2.24) is 15.5 Å². The predicted octanol–water partition coefficient (Wildman–Crippen LogP) is 3.57. The minimum absolute atomic E-state index is 0.149. The third kappa shape index (κ3) is 8.86. The number of amides is 1. The molecule has 1 aromatic rings. The Hall–Kier alpha value is -2.08. The van der Waals surface area contributed by atoms with Crippen molar-refractivity contribution in [3.05, 3.63) is 35.4 Å². The fourth-order valence-corrected chi connectivity index (χ4v) is 3.27. The van der Waals surface area contributed by atoms with Gasteiger partial charge in [0.25, 0.3) is 5.91 Å². The number of likely N-dealkylation sites (tertiary alicyclic amines) is 1. The van der Waals surface area contributed by atoms with Gasteiger partial charge in [-0.25, -0.2) is 4.99 Å². The summed E-state index contributed by atoms with van der Waals surface area (Å²) in [6, 6.07) is 7.86. The maximum absolute atomic E-state index is 12.6. The summed E-state index contributed by atoms with van der Waals surface area (Å²) in [6.07, 6.45) is 6.71. The van der Waals surface area contributed by atoms with Crippen LogP contribution in [0.3, 0.4) is 0 Å². The Morgan fingerprint density at radius 3 is 2.45 bits per heavy atom. The summed E-state index contributed by atoms with van der Waals surface area (Å²) < 4.78 is 5.59. The molecule has 0 saturated carbocycles. The lowest BCUT2D eigenvalue weighted by atomic mass is 10.1. The first-order valence-corrected chi connectivity index (χ1v) is 11.2. The number of hydrogen-bond donors (Lipinski definition) is 2. The fourth-order valence-electron chi connectivity index (χ4n) is 3.27. The summed E-state index contributed by atoms with van der Waals surface area (Å²) in [4.78, 5) is 19.2. The Balaban J connectivity index is 1.78. The van der Waals surface area contributed by atoms with Gasteiger partial charge in [-0.15, -0.1) is 0 Å². The van der Waals surface area contributed by atoms with E-state index in [9.17, 15) is 4.79 Å². The Labute approximate surface area is 176 Å². The topological polar surface area (TPSA) is 66.0 Å². The molecule has 2 N–H and O–H groups in total. The van der Waals surface area contributed by atoms with E-state index in [0.717, 1.165) is 82.2 Å². The molecular weight excluding hydrogens is 364 g/mol. The van der Waals surface area contributed by atoms with E-state index in [1.165, 1.54) is 12.8 Å². The fraction of sp³-hybridized carbons (Fsp3) is 0.652. The second kappa shape index (κ2) is 14.0. The van der Waals surface area contributed by atoms with E-state index in [1.807, 2.05) is 29.2 Å². The number of benzene rings is 1. The monoisotopic (exact) mass is 402 g/mol. The lowest BCUT2D eigenvalue weighted by Gasteiger charge is -2.26. The Morgan fingerprint density at radius 1 is 1.03 bits per heavy atom. The van der Waals surface area contributed by atoms with Crippen LogP contribution < -0.4 is 10.6 Å². The third-order valence-corrected chi connectivity index (χ3v) is 5.01. The molecule has 1 saturated heterocycles. The van der Waals surface area contributed by atoms with Crippen LogP contribution in [0.5, 0.6) is 0 Å². The molecule has 0 aliphatic carbocycles. The molecule has 6 heteroatoms.